The van der Waals surface area contributed by atoms with Crippen LogP contribution in [0.15, 0.2) is 83.3 Å². The van der Waals surface area contributed by atoms with Crippen molar-refractivity contribution in [2.75, 3.05) is 27.9 Å². The molecule has 3 aromatic rings. The van der Waals surface area contributed by atoms with Crippen molar-refractivity contribution in [2.24, 2.45) is 5.14 Å². The van der Waals surface area contributed by atoms with Crippen molar-refractivity contribution in [3.05, 3.63) is 95.1 Å². The van der Waals surface area contributed by atoms with Gasteiger partial charge >= 0.3 is 0 Å². The van der Waals surface area contributed by atoms with Gasteiger partial charge < -0.3 is 19.1 Å². The Morgan fingerprint density at radius 3 is 2.05 bits per heavy atom. The summed E-state index contributed by atoms with van der Waals surface area (Å²) in [6.07, 6.45) is 4.18. The van der Waals surface area contributed by atoms with Gasteiger partial charge in [-0.05, 0) is 59.5 Å². The van der Waals surface area contributed by atoms with Crippen LogP contribution in [0.2, 0.25) is 0 Å². The van der Waals surface area contributed by atoms with E-state index in [2.05, 4.69) is 0 Å². The number of hydrogen-bond donors (Lipinski definition) is 1. The number of carbonyl (C=O) groups is 1. The molecule has 4 rings (SSSR count). The first-order valence-corrected chi connectivity index (χ1v) is 13.0. The number of ether oxygens (including phenoxy) is 3. The molecule has 192 valence electrons. The summed E-state index contributed by atoms with van der Waals surface area (Å²) >= 11 is 0. The van der Waals surface area contributed by atoms with Crippen molar-refractivity contribution in [1.29, 1.82) is 0 Å². The van der Waals surface area contributed by atoms with Gasteiger partial charge in [-0.15, -0.1) is 0 Å². The molecule has 3 aromatic carbocycles. The van der Waals surface area contributed by atoms with E-state index in [0.29, 0.717) is 35.8 Å². The van der Waals surface area contributed by atoms with Crippen LogP contribution in [0.3, 0.4) is 0 Å². The summed E-state index contributed by atoms with van der Waals surface area (Å²) in [5.74, 6) is 1.31. The first-order chi connectivity index (χ1) is 17.7. The molecule has 1 amide bonds. The molecule has 1 heterocycles. The average molecular weight is 521 g/mol. The zero-order chi connectivity index (χ0) is 26.6. The summed E-state index contributed by atoms with van der Waals surface area (Å²) in [5, 5.41) is 5.20. The van der Waals surface area contributed by atoms with Crippen LogP contribution in [0, 0.1) is 0 Å². The molecule has 8 nitrogen and oxygen atoms in total. The van der Waals surface area contributed by atoms with Crippen molar-refractivity contribution in [3.8, 4) is 17.2 Å². The first kappa shape index (κ1) is 26.0. The number of nitrogens with two attached hydrogens (primary N) is 1. The fraction of sp³-hybridized carbons (Fsp3) is 0.179. The molecule has 0 atom stereocenters. The van der Waals surface area contributed by atoms with E-state index >= 15 is 0 Å². The topological polar surface area (TPSA) is 108 Å². The van der Waals surface area contributed by atoms with Crippen LogP contribution in [0.25, 0.3) is 11.8 Å². The van der Waals surface area contributed by atoms with Gasteiger partial charge in [0.05, 0.1) is 31.9 Å². The van der Waals surface area contributed by atoms with E-state index in [1.807, 2.05) is 36.4 Å². The maximum absolute atomic E-state index is 13.6. The van der Waals surface area contributed by atoms with Gasteiger partial charge in [0.25, 0.3) is 5.91 Å². The lowest BCUT2D eigenvalue weighted by Gasteiger charge is -2.21. The lowest BCUT2D eigenvalue weighted by Crippen LogP contribution is -2.27. The fourth-order valence-electron chi connectivity index (χ4n) is 4.18. The van der Waals surface area contributed by atoms with Gasteiger partial charge in [-0.1, -0.05) is 42.5 Å². The van der Waals surface area contributed by atoms with Crippen LogP contribution < -0.4 is 19.3 Å². The molecule has 0 aliphatic carbocycles. The second-order valence-electron chi connectivity index (χ2n) is 8.35. The van der Waals surface area contributed by atoms with Gasteiger partial charge in [0.1, 0.15) is 0 Å². The summed E-state index contributed by atoms with van der Waals surface area (Å²) in [6.45, 7) is 0.404. The van der Waals surface area contributed by atoms with E-state index < -0.39 is 10.0 Å². The summed E-state index contributed by atoms with van der Waals surface area (Å²) in [7, 11) is 0.856. The van der Waals surface area contributed by atoms with Crippen molar-refractivity contribution < 1.29 is 27.4 Å². The number of amides is 1. The van der Waals surface area contributed by atoms with Crippen molar-refractivity contribution >= 4 is 27.7 Å². The number of sulfonamides is 1. The Morgan fingerprint density at radius 2 is 1.51 bits per heavy atom. The van der Waals surface area contributed by atoms with Crippen molar-refractivity contribution in [3.63, 3.8) is 0 Å². The number of benzene rings is 3. The van der Waals surface area contributed by atoms with E-state index in [9.17, 15) is 13.2 Å². The van der Waals surface area contributed by atoms with E-state index in [0.717, 1.165) is 22.4 Å². The molecule has 0 saturated carbocycles. The average Bonchev–Trinajstić information content (AvgIpc) is 3.21. The van der Waals surface area contributed by atoms with Gasteiger partial charge in [0.15, 0.2) is 11.5 Å². The molecule has 2 N–H and O–H groups in total. The standard InChI is InChI=1S/C28H28N2O6S/c1-34-25-16-20(17-26(35-2)27(25)36-3)15-22-18-24(21-7-5-4-6-8-21)30(28(22)31)14-13-19-9-11-23(12-10-19)37(29,32)33/h4-12,15-18H,13-14H2,1-3H3,(H2,29,32,33)/b22-15-. The first-order valence-electron chi connectivity index (χ1n) is 11.5. The molecule has 37 heavy (non-hydrogen) atoms. The molecule has 0 spiro atoms. The van der Waals surface area contributed by atoms with E-state index in [1.165, 1.54) is 19.2 Å². The van der Waals surface area contributed by atoms with E-state index in [-0.39, 0.29) is 10.8 Å². The Balaban J connectivity index is 1.66. The van der Waals surface area contributed by atoms with Crippen LogP contribution in [0.1, 0.15) is 16.7 Å². The summed E-state index contributed by atoms with van der Waals surface area (Å²) in [4.78, 5) is 15.3. The summed E-state index contributed by atoms with van der Waals surface area (Å²) in [5.41, 5.74) is 3.81. The molecule has 9 heteroatoms. The maximum Gasteiger partial charge on any atom is 0.258 e. The summed E-state index contributed by atoms with van der Waals surface area (Å²) < 4.78 is 39.4. The Morgan fingerprint density at radius 1 is 0.892 bits per heavy atom. The number of methoxy groups -OCH3 is 3. The highest BCUT2D eigenvalue weighted by atomic mass is 32.2. The third kappa shape index (κ3) is 5.68. The van der Waals surface area contributed by atoms with Gasteiger partial charge in [-0.3, -0.25) is 4.79 Å². The quantitative estimate of drug-likeness (QED) is 0.429. The number of nitrogens with zero attached hydrogens (tertiary/aromatic N) is 1. The second-order valence-corrected chi connectivity index (χ2v) is 9.91. The molecule has 1 aliphatic rings. The van der Waals surface area contributed by atoms with Gasteiger partial charge in [-0.25, -0.2) is 13.6 Å². The molecule has 0 radical (unpaired) electrons. The van der Waals surface area contributed by atoms with E-state index in [4.69, 9.17) is 19.3 Å². The van der Waals surface area contributed by atoms with Crippen molar-refractivity contribution in [2.45, 2.75) is 11.3 Å². The van der Waals surface area contributed by atoms with E-state index in [1.54, 1.807) is 49.5 Å². The molecule has 0 aromatic heterocycles. The normalized spacial score (nSPS) is 14.6. The second kappa shape index (κ2) is 10.9. The minimum Gasteiger partial charge on any atom is -0.493 e. The highest BCUT2D eigenvalue weighted by Crippen LogP contribution is 2.39. The minimum absolute atomic E-state index is 0.0499. The van der Waals surface area contributed by atoms with Gasteiger partial charge in [-0.2, -0.15) is 0 Å². The highest BCUT2D eigenvalue weighted by molar-refractivity contribution is 7.89. The Hall–Kier alpha value is -4.08. The number of primary sulfonamides is 1. The number of rotatable bonds is 9. The third-order valence-electron chi connectivity index (χ3n) is 6.03. The SMILES string of the molecule is COc1cc(/C=C2/C=C(c3ccccc3)N(CCc3ccc(S(N)(=O)=O)cc3)C2=O)cc(OC)c1OC. The largest absolute Gasteiger partial charge is 0.493 e. The molecular weight excluding hydrogens is 492 g/mol. The molecule has 0 saturated heterocycles. The van der Waals surface area contributed by atoms with Crippen molar-refractivity contribution in [1.82, 2.24) is 4.90 Å². The Labute approximate surface area is 216 Å². The Bertz CT molecular complexity index is 1440. The zero-order valence-corrected chi connectivity index (χ0v) is 21.6. The fourth-order valence-corrected chi connectivity index (χ4v) is 4.69. The van der Waals surface area contributed by atoms with Crippen LogP contribution >= 0.6 is 0 Å². The lowest BCUT2D eigenvalue weighted by atomic mass is 10.1. The molecule has 1 aliphatic heterocycles. The predicted octanol–water partition coefficient (Wildman–Crippen LogP) is 3.87. The lowest BCUT2D eigenvalue weighted by molar-refractivity contribution is -0.122. The minimum atomic E-state index is -3.76. The molecule has 0 unspecified atom stereocenters. The number of carbonyl (C=O) groups excluding carboxylic acids is 1. The highest BCUT2D eigenvalue weighted by Gasteiger charge is 2.29. The molecule has 0 fully saturated rings. The number of hydrogen-bond acceptors (Lipinski definition) is 6. The van der Waals surface area contributed by atoms with Gasteiger partial charge in [0.2, 0.25) is 15.8 Å². The Kier molecular flexibility index (Phi) is 7.66. The smallest absolute Gasteiger partial charge is 0.258 e. The van der Waals surface area contributed by atoms with Crippen LogP contribution in [0.4, 0.5) is 0 Å². The van der Waals surface area contributed by atoms with Gasteiger partial charge in [0, 0.05) is 12.1 Å². The van der Waals surface area contributed by atoms with Crippen LogP contribution in [0.5, 0.6) is 17.2 Å². The summed E-state index contributed by atoms with van der Waals surface area (Å²) in [6, 6.07) is 19.6. The molecule has 0 bridgehead atoms. The zero-order valence-electron chi connectivity index (χ0n) is 20.8. The predicted molar refractivity (Wildman–Crippen MR) is 142 cm³/mol. The molecular formula is C28H28N2O6S. The third-order valence-corrected chi connectivity index (χ3v) is 6.96. The maximum atomic E-state index is 13.6. The monoisotopic (exact) mass is 520 g/mol. The van der Waals surface area contributed by atoms with Crippen LogP contribution in [-0.4, -0.2) is 47.1 Å². The van der Waals surface area contributed by atoms with Crippen LogP contribution in [-0.2, 0) is 21.2 Å².